The molecule has 2 aromatic carbocycles. The van der Waals surface area contributed by atoms with E-state index in [2.05, 4.69) is 10.6 Å². The molecule has 22 heavy (non-hydrogen) atoms. The second-order valence-corrected chi connectivity index (χ2v) is 6.12. The van der Waals surface area contributed by atoms with Crippen molar-refractivity contribution >= 4 is 23.2 Å². The molecule has 0 heterocycles. The third kappa shape index (κ3) is 3.32. The maximum atomic E-state index is 12.4. The third-order valence-corrected chi connectivity index (χ3v) is 4.28. The van der Waals surface area contributed by atoms with Crippen molar-refractivity contribution in [2.45, 2.75) is 18.9 Å². The van der Waals surface area contributed by atoms with Gasteiger partial charge < -0.3 is 10.6 Å². The lowest BCUT2D eigenvalue weighted by atomic mass is 10.1. The van der Waals surface area contributed by atoms with Gasteiger partial charge in [-0.3, -0.25) is 4.79 Å². The van der Waals surface area contributed by atoms with Crippen LogP contribution in [0.15, 0.2) is 48.5 Å². The van der Waals surface area contributed by atoms with Crippen LogP contribution in [0.5, 0.6) is 0 Å². The summed E-state index contributed by atoms with van der Waals surface area (Å²) in [6.45, 7) is 0.735. The minimum atomic E-state index is 0.0427. The SMILES string of the molecule is CNCc1ccccc1NC(=O)[C@@H]1C[C@@H]1c1cccc(Cl)c1. The van der Waals surface area contributed by atoms with Crippen LogP contribution in [-0.4, -0.2) is 13.0 Å². The molecule has 1 fully saturated rings. The average Bonchev–Trinajstić information content (AvgIpc) is 3.30. The molecule has 1 amide bonds. The Morgan fingerprint density at radius 3 is 2.82 bits per heavy atom. The number of benzene rings is 2. The van der Waals surface area contributed by atoms with Gasteiger partial charge in [0.2, 0.25) is 5.91 Å². The Kier molecular flexibility index (Phi) is 4.46. The molecule has 114 valence electrons. The van der Waals surface area contributed by atoms with Gasteiger partial charge in [-0.1, -0.05) is 41.9 Å². The molecule has 0 radical (unpaired) electrons. The lowest BCUT2D eigenvalue weighted by Crippen LogP contribution is -2.17. The Morgan fingerprint density at radius 2 is 2.05 bits per heavy atom. The standard InChI is InChI=1S/C18H19ClN2O/c1-20-11-13-5-2-3-8-17(13)21-18(22)16-10-15(16)12-6-4-7-14(19)9-12/h2-9,15-16,20H,10-11H2,1H3,(H,21,22)/t15-,16-/m1/s1. The van der Waals surface area contributed by atoms with E-state index in [9.17, 15) is 4.79 Å². The predicted molar refractivity (Wildman–Crippen MR) is 90.1 cm³/mol. The van der Waals surface area contributed by atoms with Crippen LogP contribution in [0.1, 0.15) is 23.5 Å². The minimum absolute atomic E-state index is 0.0427. The van der Waals surface area contributed by atoms with Gasteiger partial charge in [0.25, 0.3) is 0 Å². The highest BCUT2D eigenvalue weighted by Gasteiger charge is 2.44. The van der Waals surface area contributed by atoms with E-state index in [4.69, 9.17) is 11.6 Å². The van der Waals surface area contributed by atoms with Gasteiger partial charge in [0, 0.05) is 23.2 Å². The number of carbonyl (C=O) groups excluding carboxylic acids is 1. The molecule has 2 N–H and O–H groups in total. The van der Waals surface area contributed by atoms with Gasteiger partial charge in [0.1, 0.15) is 0 Å². The number of hydrogen-bond acceptors (Lipinski definition) is 2. The van der Waals surface area contributed by atoms with Crippen LogP contribution in [0, 0.1) is 5.92 Å². The van der Waals surface area contributed by atoms with Gasteiger partial charge in [-0.25, -0.2) is 0 Å². The van der Waals surface area contributed by atoms with Crippen molar-refractivity contribution in [2.24, 2.45) is 5.92 Å². The number of rotatable bonds is 5. The van der Waals surface area contributed by atoms with E-state index in [1.165, 1.54) is 0 Å². The van der Waals surface area contributed by atoms with Gasteiger partial charge in [-0.05, 0) is 48.7 Å². The first kappa shape index (κ1) is 15.1. The zero-order valence-electron chi connectivity index (χ0n) is 12.5. The smallest absolute Gasteiger partial charge is 0.228 e. The second kappa shape index (κ2) is 6.51. The molecule has 1 saturated carbocycles. The van der Waals surface area contributed by atoms with Crippen molar-refractivity contribution in [3.8, 4) is 0 Å². The van der Waals surface area contributed by atoms with E-state index >= 15 is 0 Å². The van der Waals surface area contributed by atoms with Gasteiger partial charge in [0.15, 0.2) is 0 Å². The molecule has 0 aromatic heterocycles. The lowest BCUT2D eigenvalue weighted by molar-refractivity contribution is -0.117. The summed E-state index contributed by atoms with van der Waals surface area (Å²) >= 11 is 6.02. The summed E-state index contributed by atoms with van der Waals surface area (Å²) in [5, 5.41) is 6.90. The van der Waals surface area contributed by atoms with E-state index in [1.54, 1.807) is 0 Å². The summed E-state index contributed by atoms with van der Waals surface area (Å²) in [7, 11) is 1.90. The van der Waals surface area contributed by atoms with Crippen molar-refractivity contribution in [2.75, 3.05) is 12.4 Å². The highest BCUT2D eigenvalue weighted by Crippen LogP contribution is 2.48. The number of carbonyl (C=O) groups is 1. The zero-order valence-corrected chi connectivity index (χ0v) is 13.2. The number of nitrogens with one attached hydrogen (secondary N) is 2. The first-order valence-electron chi connectivity index (χ1n) is 7.48. The summed E-state index contributed by atoms with van der Waals surface area (Å²) < 4.78 is 0. The molecule has 1 aliphatic carbocycles. The summed E-state index contributed by atoms with van der Waals surface area (Å²) in [6, 6.07) is 15.7. The largest absolute Gasteiger partial charge is 0.326 e. The molecule has 0 bridgehead atoms. The zero-order chi connectivity index (χ0) is 15.5. The highest BCUT2D eigenvalue weighted by atomic mass is 35.5. The van der Waals surface area contributed by atoms with Crippen LogP contribution < -0.4 is 10.6 Å². The lowest BCUT2D eigenvalue weighted by Gasteiger charge is -2.10. The molecule has 0 spiro atoms. The molecule has 1 aliphatic rings. The van der Waals surface area contributed by atoms with Crippen molar-refractivity contribution in [1.29, 1.82) is 0 Å². The fourth-order valence-corrected chi connectivity index (χ4v) is 3.00. The monoisotopic (exact) mass is 314 g/mol. The van der Waals surface area contributed by atoms with Crippen LogP contribution in [0.4, 0.5) is 5.69 Å². The van der Waals surface area contributed by atoms with Crippen LogP contribution in [-0.2, 0) is 11.3 Å². The predicted octanol–water partition coefficient (Wildman–Crippen LogP) is 3.80. The van der Waals surface area contributed by atoms with Gasteiger partial charge >= 0.3 is 0 Å². The van der Waals surface area contributed by atoms with E-state index in [-0.39, 0.29) is 17.7 Å². The number of para-hydroxylation sites is 1. The Hall–Kier alpha value is -1.84. The average molecular weight is 315 g/mol. The Balaban J connectivity index is 1.67. The van der Waals surface area contributed by atoms with Crippen molar-refractivity contribution in [1.82, 2.24) is 5.32 Å². The van der Waals surface area contributed by atoms with Crippen molar-refractivity contribution in [3.63, 3.8) is 0 Å². The number of amides is 1. The molecule has 0 unspecified atom stereocenters. The molecule has 0 saturated heterocycles. The molecule has 3 nitrogen and oxygen atoms in total. The van der Waals surface area contributed by atoms with Gasteiger partial charge in [0.05, 0.1) is 0 Å². The Morgan fingerprint density at radius 1 is 1.23 bits per heavy atom. The quantitative estimate of drug-likeness (QED) is 0.881. The van der Waals surface area contributed by atoms with Gasteiger partial charge in [-0.15, -0.1) is 0 Å². The molecule has 2 atom stereocenters. The van der Waals surface area contributed by atoms with Gasteiger partial charge in [-0.2, -0.15) is 0 Å². The molecular formula is C18H19ClN2O. The molecule has 4 heteroatoms. The number of anilines is 1. The first-order chi connectivity index (χ1) is 10.7. The van der Waals surface area contributed by atoms with E-state index in [0.29, 0.717) is 0 Å². The van der Waals surface area contributed by atoms with Crippen molar-refractivity contribution in [3.05, 3.63) is 64.7 Å². The van der Waals surface area contributed by atoms with Crippen molar-refractivity contribution < 1.29 is 4.79 Å². The van der Waals surface area contributed by atoms with E-state index in [0.717, 1.165) is 34.8 Å². The number of hydrogen-bond donors (Lipinski definition) is 2. The fraction of sp³-hybridized carbons (Fsp3) is 0.278. The maximum Gasteiger partial charge on any atom is 0.228 e. The summed E-state index contributed by atoms with van der Waals surface area (Å²) in [6.07, 6.45) is 0.889. The second-order valence-electron chi connectivity index (χ2n) is 5.68. The molecular weight excluding hydrogens is 296 g/mol. The highest BCUT2D eigenvalue weighted by molar-refractivity contribution is 6.30. The van der Waals surface area contributed by atoms with E-state index < -0.39 is 0 Å². The summed E-state index contributed by atoms with van der Waals surface area (Å²) in [4.78, 5) is 12.4. The van der Waals surface area contributed by atoms with E-state index in [1.807, 2.05) is 55.6 Å². The fourth-order valence-electron chi connectivity index (χ4n) is 2.80. The minimum Gasteiger partial charge on any atom is -0.326 e. The molecule has 0 aliphatic heterocycles. The summed E-state index contributed by atoms with van der Waals surface area (Å²) in [5.41, 5.74) is 3.13. The van der Waals surface area contributed by atoms with Crippen LogP contribution in [0.3, 0.4) is 0 Å². The number of halogens is 1. The summed E-state index contributed by atoms with van der Waals surface area (Å²) in [5.74, 6) is 0.421. The first-order valence-corrected chi connectivity index (χ1v) is 7.85. The Labute approximate surface area is 135 Å². The maximum absolute atomic E-state index is 12.4. The normalized spacial score (nSPS) is 19.7. The van der Waals surface area contributed by atoms with Crippen LogP contribution in [0.25, 0.3) is 0 Å². The molecule has 2 aromatic rings. The van der Waals surface area contributed by atoms with Crippen LogP contribution >= 0.6 is 11.6 Å². The third-order valence-electron chi connectivity index (χ3n) is 4.05. The Bertz CT molecular complexity index is 686. The van der Waals surface area contributed by atoms with Crippen LogP contribution in [0.2, 0.25) is 5.02 Å². The topological polar surface area (TPSA) is 41.1 Å². The molecule has 3 rings (SSSR count).